The van der Waals surface area contributed by atoms with Gasteiger partial charge >= 0.3 is 0 Å². The van der Waals surface area contributed by atoms with E-state index in [1.807, 2.05) is 26.1 Å². The number of fused-ring (bicyclic) bond motifs is 1. The largest absolute Gasteiger partial charge is 0.490 e. The van der Waals surface area contributed by atoms with Crippen LogP contribution in [0.3, 0.4) is 0 Å². The lowest BCUT2D eigenvalue weighted by atomic mass is 9.69. The van der Waals surface area contributed by atoms with Gasteiger partial charge in [-0.3, -0.25) is 0 Å². The molecule has 4 rings (SSSR count). The summed E-state index contributed by atoms with van der Waals surface area (Å²) in [5.74, 6) is 0.666. The van der Waals surface area contributed by atoms with Gasteiger partial charge in [0.2, 0.25) is 0 Å². The van der Waals surface area contributed by atoms with Crippen LogP contribution in [0.2, 0.25) is 0 Å². The molecule has 1 saturated carbocycles. The van der Waals surface area contributed by atoms with Crippen molar-refractivity contribution in [3.05, 3.63) is 34.2 Å². The highest BCUT2D eigenvalue weighted by atomic mass is 79.9. The van der Waals surface area contributed by atoms with Gasteiger partial charge in [0.1, 0.15) is 18.0 Å². The molecule has 0 unspecified atom stereocenters. The second-order valence-electron chi connectivity index (χ2n) is 6.56. The fraction of sp³-hybridized carbons (Fsp3) is 0.562. The maximum absolute atomic E-state index is 12.9. The SMILES string of the molecule is CC(C)OC1=CC(=N)/C(=C\NC23COC(CF)(C2)C3)C=C1Br. The summed E-state index contributed by atoms with van der Waals surface area (Å²) in [6.07, 6.45) is 6.82. The highest BCUT2D eigenvalue weighted by molar-refractivity contribution is 9.12. The first-order valence-electron chi connectivity index (χ1n) is 7.40. The van der Waals surface area contributed by atoms with Gasteiger partial charge in [0.05, 0.1) is 28.4 Å². The van der Waals surface area contributed by atoms with Crippen LogP contribution in [0.1, 0.15) is 26.7 Å². The van der Waals surface area contributed by atoms with E-state index in [4.69, 9.17) is 14.9 Å². The molecule has 0 atom stereocenters. The van der Waals surface area contributed by atoms with Crippen molar-refractivity contribution in [3.8, 4) is 0 Å². The Morgan fingerprint density at radius 3 is 2.82 bits per heavy atom. The Morgan fingerprint density at radius 1 is 1.50 bits per heavy atom. The lowest BCUT2D eigenvalue weighted by Crippen LogP contribution is -2.57. The fourth-order valence-corrected chi connectivity index (χ4v) is 3.67. The van der Waals surface area contributed by atoms with E-state index in [2.05, 4.69) is 21.2 Å². The predicted octanol–water partition coefficient (Wildman–Crippen LogP) is 3.35. The summed E-state index contributed by atoms with van der Waals surface area (Å²) in [5.41, 5.74) is 0.429. The van der Waals surface area contributed by atoms with Crippen LogP contribution in [0, 0.1) is 5.41 Å². The van der Waals surface area contributed by atoms with E-state index in [1.165, 1.54) is 0 Å². The van der Waals surface area contributed by atoms with Crippen molar-refractivity contribution in [2.24, 2.45) is 0 Å². The zero-order valence-corrected chi connectivity index (χ0v) is 14.3. The van der Waals surface area contributed by atoms with Crippen LogP contribution >= 0.6 is 15.9 Å². The van der Waals surface area contributed by atoms with Gasteiger partial charge in [-0.1, -0.05) is 0 Å². The molecule has 3 fully saturated rings. The molecule has 0 radical (unpaired) electrons. The van der Waals surface area contributed by atoms with E-state index in [0.29, 0.717) is 30.9 Å². The number of alkyl halides is 1. The van der Waals surface area contributed by atoms with E-state index in [9.17, 15) is 4.39 Å². The number of allylic oxidation sites excluding steroid dienone is 4. The smallest absolute Gasteiger partial charge is 0.136 e. The molecule has 22 heavy (non-hydrogen) atoms. The monoisotopic (exact) mass is 370 g/mol. The van der Waals surface area contributed by atoms with Crippen molar-refractivity contribution in [1.82, 2.24) is 5.32 Å². The number of halogens is 2. The summed E-state index contributed by atoms with van der Waals surface area (Å²) in [6.45, 7) is 4.00. The van der Waals surface area contributed by atoms with Crippen LogP contribution in [-0.2, 0) is 9.47 Å². The molecular formula is C16H20BrFN2O2. The Balaban J connectivity index is 1.67. The molecule has 0 aromatic heterocycles. The van der Waals surface area contributed by atoms with Gasteiger partial charge in [0.15, 0.2) is 0 Å². The Morgan fingerprint density at radius 2 is 2.23 bits per heavy atom. The number of hydrogen-bond acceptors (Lipinski definition) is 4. The van der Waals surface area contributed by atoms with Crippen LogP contribution in [0.5, 0.6) is 0 Å². The molecule has 4 aliphatic rings. The summed E-state index contributed by atoms with van der Waals surface area (Å²) in [4.78, 5) is 0. The van der Waals surface area contributed by atoms with Crippen molar-refractivity contribution >= 4 is 21.6 Å². The van der Waals surface area contributed by atoms with E-state index >= 15 is 0 Å². The number of nitrogens with one attached hydrogen (secondary N) is 2. The third-order valence-corrected chi connectivity index (χ3v) is 4.84. The Hall–Kier alpha value is -1.14. The molecule has 4 nitrogen and oxygen atoms in total. The average Bonchev–Trinajstić information content (AvgIpc) is 2.96. The van der Waals surface area contributed by atoms with Crippen molar-refractivity contribution in [1.29, 1.82) is 5.41 Å². The number of hydrogen-bond donors (Lipinski definition) is 2. The highest BCUT2D eigenvalue weighted by Gasteiger charge is 2.62. The molecule has 2 aliphatic heterocycles. The second-order valence-corrected chi connectivity index (χ2v) is 7.42. The topological polar surface area (TPSA) is 54.3 Å². The van der Waals surface area contributed by atoms with Crippen LogP contribution in [-0.4, -0.2) is 36.2 Å². The van der Waals surface area contributed by atoms with Crippen molar-refractivity contribution in [3.63, 3.8) is 0 Å². The molecule has 120 valence electrons. The normalized spacial score (nSPS) is 35.3. The molecule has 2 aliphatic carbocycles. The van der Waals surface area contributed by atoms with Crippen molar-refractivity contribution in [2.45, 2.75) is 43.9 Å². The Kier molecular flexibility index (Phi) is 3.93. The molecule has 0 aromatic carbocycles. The first kappa shape index (κ1) is 15.7. The van der Waals surface area contributed by atoms with Gasteiger partial charge in [-0.25, -0.2) is 4.39 Å². The van der Waals surface area contributed by atoms with E-state index in [1.54, 1.807) is 6.08 Å². The second kappa shape index (κ2) is 5.49. The number of ether oxygens (including phenoxy) is 2. The van der Waals surface area contributed by atoms with Crippen LogP contribution in [0.4, 0.5) is 4.39 Å². The predicted molar refractivity (Wildman–Crippen MR) is 86.9 cm³/mol. The first-order valence-corrected chi connectivity index (χ1v) is 8.19. The lowest BCUT2D eigenvalue weighted by molar-refractivity contribution is -0.0246. The van der Waals surface area contributed by atoms with Gasteiger partial charge in [-0.2, -0.15) is 0 Å². The molecule has 2 heterocycles. The summed E-state index contributed by atoms with van der Waals surface area (Å²) >= 11 is 3.48. The van der Waals surface area contributed by atoms with E-state index < -0.39 is 12.3 Å². The first-order chi connectivity index (χ1) is 10.4. The summed E-state index contributed by atoms with van der Waals surface area (Å²) in [7, 11) is 0. The molecule has 2 saturated heterocycles. The minimum Gasteiger partial charge on any atom is -0.490 e. The summed E-state index contributed by atoms with van der Waals surface area (Å²) in [5, 5.41) is 11.4. The van der Waals surface area contributed by atoms with Gasteiger partial charge in [0.25, 0.3) is 0 Å². The third-order valence-electron chi connectivity index (χ3n) is 4.22. The molecule has 0 amide bonds. The van der Waals surface area contributed by atoms with Crippen LogP contribution < -0.4 is 5.32 Å². The molecule has 0 spiro atoms. The van der Waals surface area contributed by atoms with E-state index in [-0.39, 0.29) is 11.6 Å². The van der Waals surface area contributed by atoms with Crippen LogP contribution in [0.25, 0.3) is 0 Å². The molecule has 0 aromatic rings. The standard InChI is InChI=1S/C16H20BrFN2O2/c1-10(2)22-14-4-13(19)11(3-12(14)17)5-20-15-6-16(7-15,8-18)21-9-15/h3-5,10,19-20H,6-9H2,1-2H3/b11-5-,19-13?. The maximum Gasteiger partial charge on any atom is 0.136 e. The molecule has 2 N–H and O–H groups in total. The highest BCUT2D eigenvalue weighted by Crippen LogP contribution is 2.51. The summed E-state index contributed by atoms with van der Waals surface area (Å²) < 4.78 is 24.9. The van der Waals surface area contributed by atoms with Gasteiger partial charge in [0, 0.05) is 30.7 Å². The summed E-state index contributed by atoms with van der Waals surface area (Å²) in [6, 6.07) is 0. The third kappa shape index (κ3) is 2.74. The van der Waals surface area contributed by atoms with Crippen molar-refractivity contribution in [2.75, 3.05) is 13.3 Å². The van der Waals surface area contributed by atoms with E-state index in [0.717, 1.165) is 10.1 Å². The zero-order valence-electron chi connectivity index (χ0n) is 12.7. The minimum absolute atomic E-state index is 0.0574. The molecule has 6 heteroatoms. The Labute approximate surface area is 138 Å². The molecular weight excluding hydrogens is 351 g/mol. The van der Waals surface area contributed by atoms with Gasteiger partial charge in [-0.05, 0) is 35.9 Å². The maximum atomic E-state index is 12.9. The van der Waals surface area contributed by atoms with Crippen molar-refractivity contribution < 1.29 is 13.9 Å². The average molecular weight is 371 g/mol. The zero-order chi connectivity index (χ0) is 16.0. The van der Waals surface area contributed by atoms with Crippen LogP contribution in [0.15, 0.2) is 34.2 Å². The van der Waals surface area contributed by atoms with Gasteiger partial charge in [-0.15, -0.1) is 0 Å². The Bertz CT molecular complexity index is 589. The molecule has 2 bridgehead atoms. The van der Waals surface area contributed by atoms with Gasteiger partial charge < -0.3 is 20.2 Å². The quantitative estimate of drug-likeness (QED) is 0.779. The fourth-order valence-electron chi connectivity index (χ4n) is 3.22. The lowest BCUT2D eigenvalue weighted by Gasteiger charge is -2.43. The minimum atomic E-state index is -0.555. The number of rotatable bonds is 5.